The monoisotopic (exact) mass is 486 g/mol. The summed E-state index contributed by atoms with van der Waals surface area (Å²) in [4.78, 5) is 13.8. The van der Waals surface area contributed by atoms with E-state index >= 15 is 0 Å². The van der Waals surface area contributed by atoms with Crippen LogP contribution in [0, 0.1) is 0 Å². The minimum atomic E-state index is -3.48. The highest BCUT2D eigenvalue weighted by Crippen LogP contribution is 2.41. The van der Waals surface area contributed by atoms with Gasteiger partial charge in [-0.3, -0.25) is 4.79 Å². The molecule has 1 saturated carbocycles. The van der Waals surface area contributed by atoms with E-state index in [0.717, 1.165) is 48.8 Å². The Bertz CT molecular complexity index is 1240. The molecule has 0 radical (unpaired) electrons. The number of carbonyl (C=O) groups is 1. The minimum absolute atomic E-state index is 0. The highest BCUT2D eigenvalue weighted by molar-refractivity contribution is 7.89. The van der Waals surface area contributed by atoms with Crippen molar-refractivity contribution in [2.24, 2.45) is 0 Å². The molecule has 2 N–H and O–H groups in total. The Morgan fingerprint density at radius 3 is 2.21 bits per heavy atom. The van der Waals surface area contributed by atoms with Crippen LogP contribution in [0.4, 0.5) is 5.69 Å². The molecular weight excluding hydrogens is 456 g/mol. The first kappa shape index (κ1) is 23.5. The van der Waals surface area contributed by atoms with E-state index in [1.807, 2.05) is 48.5 Å². The molecule has 0 unspecified atom stereocenters. The zero-order valence-corrected chi connectivity index (χ0v) is 20.0. The molecule has 7 heteroatoms. The zero-order chi connectivity index (χ0) is 23.5. The molecule has 1 aliphatic carbocycles. The van der Waals surface area contributed by atoms with Gasteiger partial charge < -0.3 is 5.32 Å². The summed E-state index contributed by atoms with van der Waals surface area (Å²) in [5.74, 6) is -0.00265. The second kappa shape index (κ2) is 9.67. The van der Waals surface area contributed by atoms with E-state index in [1.54, 1.807) is 24.3 Å². The summed E-state index contributed by atoms with van der Waals surface area (Å²) in [6, 6.07) is 21.9. The molecule has 33 heavy (non-hydrogen) atoms. The zero-order valence-electron chi connectivity index (χ0n) is 18.5. The van der Waals surface area contributed by atoms with E-state index in [9.17, 15) is 13.2 Å². The van der Waals surface area contributed by atoms with Crippen molar-refractivity contribution in [3.63, 3.8) is 0 Å². The molecule has 3 aromatic rings. The Labute approximate surface area is 203 Å². The molecule has 0 aromatic heterocycles. The normalized spacial score (nSPS) is 15.7. The first-order valence-electron chi connectivity index (χ1n) is 11.1. The molecule has 5 nitrogen and oxygen atoms in total. The van der Waals surface area contributed by atoms with E-state index in [2.05, 4.69) is 10.0 Å². The lowest BCUT2D eigenvalue weighted by Gasteiger charge is -2.36. The summed E-state index contributed by atoms with van der Waals surface area (Å²) >= 11 is 6.09. The van der Waals surface area contributed by atoms with Gasteiger partial charge in [0.25, 0.3) is 0 Å². The quantitative estimate of drug-likeness (QED) is 0.432. The molecule has 1 amide bonds. The predicted molar refractivity (Wildman–Crippen MR) is 137 cm³/mol. The third-order valence-electron chi connectivity index (χ3n) is 6.43. The number of benzene rings is 3. The fraction of sp³-hybridized carbons (Fsp3) is 0.269. The molecule has 176 valence electrons. The molecular formula is C26H31ClN2O3S. The molecule has 0 aliphatic heterocycles. The van der Waals surface area contributed by atoms with E-state index in [-0.39, 0.29) is 13.7 Å². The van der Waals surface area contributed by atoms with Crippen molar-refractivity contribution in [3.8, 4) is 11.1 Å². The van der Waals surface area contributed by atoms with Crippen molar-refractivity contribution in [2.75, 3.05) is 12.4 Å². The Hall–Kier alpha value is -2.67. The fourth-order valence-electron chi connectivity index (χ4n) is 4.54. The lowest BCUT2D eigenvalue weighted by molar-refractivity contribution is -0.122. The standard InChI is InChI=1S/C26H27ClN2O3S.2H2/c1-28-33(31,32)24-14-8-19(9-15-24)20-6-5-7-23(18-20)29-25(30)26(16-3-2-4-17-26)21-10-12-22(27)13-11-21;;/h5-15,18,28H,2-4,16-17H2,1H3,(H,29,30);2*1H. The van der Waals surface area contributed by atoms with Gasteiger partial charge in [-0.15, -0.1) is 0 Å². The molecule has 4 rings (SSSR count). The van der Waals surface area contributed by atoms with Crippen molar-refractivity contribution in [3.05, 3.63) is 83.4 Å². The fourth-order valence-corrected chi connectivity index (χ4v) is 5.40. The Balaban J connectivity index is 0.00000216. The number of rotatable bonds is 6. The summed E-state index contributed by atoms with van der Waals surface area (Å²) in [6.07, 6.45) is 4.77. The van der Waals surface area contributed by atoms with Gasteiger partial charge in [0, 0.05) is 13.6 Å². The first-order chi connectivity index (χ1) is 15.8. The highest BCUT2D eigenvalue weighted by atomic mass is 35.5. The summed E-state index contributed by atoms with van der Waals surface area (Å²) in [5.41, 5.74) is 2.91. The molecule has 0 bridgehead atoms. The van der Waals surface area contributed by atoms with Gasteiger partial charge in [0.2, 0.25) is 15.9 Å². The van der Waals surface area contributed by atoms with E-state index < -0.39 is 15.4 Å². The van der Waals surface area contributed by atoms with Gasteiger partial charge in [-0.05, 0) is 73.0 Å². The second-order valence-corrected chi connectivity index (χ2v) is 10.7. The van der Waals surface area contributed by atoms with Crippen LogP contribution in [0.5, 0.6) is 0 Å². The van der Waals surface area contributed by atoms with Crippen LogP contribution in [0.3, 0.4) is 0 Å². The minimum Gasteiger partial charge on any atom is -0.325 e. The van der Waals surface area contributed by atoms with E-state index in [4.69, 9.17) is 11.6 Å². The molecule has 1 fully saturated rings. The Kier molecular flexibility index (Phi) is 6.88. The molecule has 1 aliphatic rings. The van der Waals surface area contributed by atoms with Crippen LogP contribution in [0.15, 0.2) is 77.7 Å². The predicted octanol–water partition coefficient (Wildman–Crippen LogP) is 6.25. The van der Waals surface area contributed by atoms with Crippen molar-refractivity contribution >= 4 is 33.2 Å². The average molecular weight is 487 g/mol. The van der Waals surface area contributed by atoms with Crippen LogP contribution in [-0.4, -0.2) is 21.4 Å². The topological polar surface area (TPSA) is 75.3 Å². The van der Waals surface area contributed by atoms with Crippen LogP contribution in [0.25, 0.3) is 11.1 Å². The number of anilines is 1. The van der Waals surface area contributed by atoms with Gasteiger partial charge >= 0.3 is 0 Å². The highest BCUT2D eigenvalue weighted by Gasteiger charge is 2.41. The average Bonchev–Trinajstić information content (AvgIpc) is 2.85. The number of carbonyl (C=O) groups excluding carboxylic acids is 1. The van der Waals surface area contributed by atoms with Crippen LogP contribution < -0.4 is 10.0 Å². The number of nitrogens with one attached hydrogen (secondary N) is 2. The van der Waals surface area contributed by atoms with Crippen molar-refractivity contribution in [2.45, 2.75) is 42.4 Å². The Morgan fingerprint density at radius 1 is 0.909 bits per heavy atom. The summed E-state index contributed by atoms with van der Waals surface area (Å²) in [5, 5.41) is 3.80. The number of hydrogen-bond acceptors (Lipinski definition) is 3. The molecule has 0 atom stereocenters. The molecule has 0 saturated heterocycles. The Morgan fingerprint density at radius 2 is 1.58 bits per heavy atom. The van der Waals surface area contributed by atoms with E-state index in [0.29, 0.717) is 10.7 Å². The summed E-state index contributed by atoms with van der Waals surface area (Å²) in [6.45, 7) is 0. The van der Waals surface area contributed by atoms with Crippen LogP contribution in [0.1, 0.15) is 40.5 Å². The third-order valence-corrected chi connectivity index (χ3v) is 8.11. The van der Waals surface area contributed by atoms with E-state index in [1.165, 1.54) is 7.05 Å². The summed E-state index contributed by atoms with van der Waals surface area (Å²) in [7, 11) is -2.10. The van der Waals surface area contributed by atoms with Gasteiger partial charge in [0.15, 0.2) is 0 Å². The smallest absolute Gasteiger partial charge is 0.240 e. The van der Waals surface area contributed by atoms with Crippen molar-refractivity contribution in [1.82, 2.24) is 4.72 Å². The van der Waals surface area contributed by atoms with Gasteiger partial charge in [0.1, 0.15) is 0 Å². The van der Waals surface area contributed by atoms with Crippen molar-refractivity contribution < 1.29 is 16.1 Å². The summed E-state index contributed by atoms with van der Waals surface area (Å²) < 4.78 is 26.3. The van der Waals surface area contributed by atoms with Gasteiger partial charge in [0.05, 0.1) is 10.3 Å². The number of halogens is 1. The maximum absolute atomic E-state index is 13.6. The van der Waals surface area contributed by atoms with Crippen LogP contribution in [-0.2, 0) is 20.2 Å². The van der Waals surface area contributed by atoms with Gasteiger partial charge in [-0.25, -0.2) is 13.1 Å². The lowest BCUT2D eigenvalue weighted by Crippen LogP contribution is -2.42. The molecule has 0 spiro atoms. The van der Waals surface area contributed by atoms with Crippen molar-refractivity contribution in [1.29, 1.82) is 0 Å². The number of hydrogen-bond donors (Lipinski definition) is 2. The first-order valence-corrected chi connectivity index (χ1v) is 12.9. The van der Waals surface area contributed by atoms with Crippen LogP contribution in [0.2, 0.25) is 5.02 Å². The van der Waals surface area contributed by atoms with Gasteiger partial charge in [-0.1, -0.05) is 67.3 Å². The van der Waals surface area contributed by atoms with Crippen LogP contribution >= 0.6 is 11.6 Å². The number of amides is 1. The maximum atomic E-state index is 13.6. The second-order valence-electron chi connectivity index (χ2n) is 8.42. The number of sulfonamides is 1. The van der Waals surface area contributed by atoms with Gasteiger partial charge in [-0.2, -0.15) is 0 Å². The molecule has 0 heterocycles. The SMILES string of the molecule is CNS(=O)(=O)c1ccc(-c2cccc(NC(=O)C3(c4ccc(Cl)cc4)CCCCC3)c2)cc1.[HH].[HH]. The largest absolute Gasteiger partial charge is 0.325 e. The third kappa shape index (κ3) is 4.98. The maximum Gasteiger partial charge on any atom is 0.240 e. The lowest BCUT2D eigenvalue weighted by atomic mass is 9.68. The molecule has 3 aromatic carbocycles.